The molecule has 2 rings (SSSR count). The summed E-state index contributed by atoms with van der Waals surface area (Å²) in [5, 5.41) is 0.152. The van der Waals surface area contributed by atoms with Gasteiger partial charge in [-0.05, 0) is 30.9 Å². The van der Waals surface area contributed by atoms with Crippen LogP contribution < -0.4 is 4.74 Å². The monoisotopic (exact) mass is 372 g/mol. The molecule has 24 heavy (non-hydrogen) atoms. The molecule has 0 bridgehead atoms. The number of rotatable bonds is 5. The smallest absolute Gasteiger partial charge is 0.179 e. The van der Waals surface area contributed by atoms with Crippen molar-refractivity contribution < 1.29 is 22.7 Å². The maximum atomic E-state index is 12.2. The average Bonchev–Trinajstić information content (AvgIpc) is 2.45. The van der Waals surface area contributed by atoms with Crippen molar-refractivity contribution in [2.24, 2.45) is 11.8 Å². The lowest BCUT2D eigenvalue weighted by Gasteiger charge is -2.24. The van der Waals surface area contributed by atoms with Crippen molar-refractivity contribution in [3.05, 3.63) is 22.7 Å². The molecule has 0 aromatic heterocycles. The lowest BCUT2D eigenvalue weighted by Crippen LogP contribution is -2.34. The normalized spacial score (nSPS) is 21.8. The standard InChI is InChI=1S/C17H21ClO5S/c1-4-23-17-15(24(3,21)22)6-5-11(16(17)18)9-12-13(19)7-10(2)8-14(12)20/h5-6,10,12H,4,7-9H2,1-3H3. The second-order valence-corrected chi connectivity index (χ2v) is 8.64. The Hall–Kier alpha value is -1.40. The zero-order chi connectivity index (χ0) is 18.1. The predicted molar refractivity (Wildman–Crippen MR) is 91.3 cm³/mol. The fraction of sp³-hybridized carbons (Fsp3) is 0.529. The van der Waals surface area contributed by atoms with Gasteiger partial charge in [0, 0.05) is 19.1 Å². The molecule has 0 radical (unpaired) electrons. The van der Waals surface area contributed by atoms with Crippen molar-refractivity contribution in [1.29, 1.82) is 0 Å². The summed E-state index contributed by atoms with van der Waals surface area (Å²) in [5.74, 6) is -0.719. The van der Waals surface area contributed by atoms with Crippen molar-refractivity contribution in [2.75, 3.05) is 12.9 Å². The first-order valence-electron chi connectivity index (χ1n) is 7.84. The highest BCUT2D eigenvalue weighted by Crippen LogP contribution is 2.37. The van der Waals surface area contributed by atoms with E-state index in [9.17, 15) is 18.0 Å². The number of ether oxygens (including phenoxy) is 1. The summed E-state index contributed by atoms with van der Waals surface area (Å²) in [7, 11) is -3.50. The first-order chi connectivity index (χ1) is 11.1. The number of carbonyl (C=O) groups is 2. The Morgan fingerprint density at radius 1 is 1.21 bits per heavy atom. The van der Waals surface area contributed by atoms with Crippen molar-refractivity contribution in [1.82, 2.24) is 0 Å². The van der Waals surface area contributed by atoms with Crippen LogP contribution in [0, 0.1) is 11.8 Å². The highest BCUT2D eigenvalue weighted by Gasteiger charge is 2.34. The molecule has 1 saturated carbocycles. The molecule has 1 aromatic rings. The highest BCUT2D eigenvalue weighted by atomic mass is 35.5. The minimum Gasteiger partial charge on any atom is -0.491 e. The number of benzene rings is 1. The summed E-state index contributed by atoms with van der Waals surface area (Å²) in [6.07, 6.45) is 2.02. The van der Waals surface area contributed by atoms with Crippen LogP contribution in [0.4, 0.5) is 0 Å². The van der Waals surface area contributed by atoms with Crippen LogP contribution in [-0.2, 0) is 25.8 Å². The summed E-state index contributed by atoms with van der Waals surface area (Å²) >= 11 is 6.33. The Morgan fingerprint density at radius 3 is 2.29 bits per heavy atom. The number of Topliss-reactive ketones (excluding diaryl/α,β-unsaturated/α-hetero) is 2. The van der Waals surface area contributed by atoms with Crippen molar-refractivity contribution in [3.8, 4) is 5.75 Å². The van der Waals surface area contributed by atoms with Crippen molar-refractivity contribution in [3.63, 3.8) is 0 Å². The molecule has 0 aliphatic heterocycles. The molecular formula is C17H21ClO5S. The number of carbonyl (C=O) groups excluding carboxylic acids is 2. The summed E-state index contributed by atoms with van der Waals surface area (Å²) in [5.41, 5.74) is 0.550. The molecule has 132 valence electrons. The van der Waals surface area contributed by atoms with E-state index in [0.29, 0.717) is 18.4 Å². The van der Waals surface area contributed by atoms with Gasteiger partial charge in [0.15, 0.2) is 15.6 Å². The largest absolute Gasteiger partial charge is 0.491 e. The van der Waals surface area contributed by atoms with Crippen LogP contribution in [0.1, 0.15) is 32.3 Å². The number of hydrogen-bond donors (Lipinski definition) is 0. The molecule has 1 aliphatic rings. The Kier molecular flexibility index (Phi) is 5.71. The average molecular weight is 373 g/mol. The van der Waals surface area contributed by atoms with Gasteiger partial charge in [0.05, 0.1) is 17.5 Å². The number of hydrogen-bond acceptors (Lipinski definition) is 5. The molecule has 0 saturated heterocycles. The van der Waals surface area contributed by atoms with E-state index in [1.807, 2.05) is 6.92 Å². The van der Waals surface area contributed by atoms with Crippen LogP contribution in [0.2, 0.25) is 5.02 Å². The third-order valence-corrected chi connectivity index (χ3v) is 5.66. The molecule has 0 N–H and O–H groups in total. The highest BCUT2D eigenvalue weighted by molar-refractivity contribution is 7.90. The van der Waals surface area contributed by atoms with E-state index in [1.54, 1.807) is 13.0 Å². The van der Waals surface area contributed by atoms with Gasteiger partial charge in [-0.15, -0.1) is 0 Å². The van der Waals surface area contributed by atoms with Crippen LogP contribution in [-0.4, -0.2) is 32.8 Å². The van der Waals surface area contributed by atoms with Gasteiger partial charge in [-0.1, -0.05) is 24.6 Å². The van der Waals surface area contributed by atoms with Gasteiger partial charge < -0.3 is 4.74 Å². The Bertz CT molecular complexity index is 751. The zero-order valence-electron chi connectivity index (χ0n) is 14.0. The van der Waals surface area contributed by atoms with E-state index >= 15 is 0 Å². The van der Waals surface area contributed by atoms with E-state index in [-0.39, 0.29) is 46.2 Å². The number of ketones is 2. The van der Waals surface area contributed by atoms with Crippen molar-refractivity contribution >= 4 is 33.0 Å². The van der Waals surface area contributed by atoms with E-state index in [2.05, 4.69) is 0 Å². The number of sulfone groups is 1. The first-order valence-corrected chi connectivity index (χ1v) is 10.1. The second-order valence-electron chi connectivity index (χ2n) is 6.27. The molecule has 1 fully saturated rings. The fourth-order valence-corrected chi connectivity index (χ4v) is 4.14. The van der Waals surface area contributed by atoms with E-state index in [4.69, 9.17) is 16.3 Å². The molecule has 0 atom stereocenters. The van der Waals surface area contributed by atoms with E-state index < -0.39 is 15.8 Å². The van der Waals surface area contributed by atoms with Gasteiger partial charge in [0.25, 0.3) is 0 Å². The second kappa shape index (κ2) is 7.23. The molecule has 0 amide bonds. The lowest BCUT2D eigenvalue weighted by atomic mass is 9.78. The molecule has 1 aromatic carbocycles. The van der Waals surface area contributed by atoms with Gasteiger partial charge in [-0.2, -0.15) is 0 Å². The minimum atomic E-state index is -3.50. The van der Waals surface area contributed by atoms with Gasteiger partial charge in [-0.25, -0.2) is 8.42 Å². The first kappa shape index (κ1) is 18.9. The Balaban J connectivity index is 2.40. The summed E-state index contributed by atoms with van der Waals surface area (Å²) in [6.45, 7) is 3.86. The van der Waals surface area contributed by atoms with Gasteiger partial charge >= 0.3 is 0 Å². The fourth-order valence-electron chi connectivity index (χ4n) is 2.98. The maximum absolute atomic E-state index is 12.2. The lowest BCUT2D eigenvalue weighted by molar-refractivity contribution is -0.137. The predicted octanol–water partition coefficient (Wildman–Crippen LogP) is 2.87. The van der Waals surface area contributed by atoms with Gasteiger partial charge in [0.2, 0.25) is 0 Å². The molecule has 7 heteroatoms. The SMILES string of the molecule is CCOc1c(S(C)(=O)=O)ccc(CC2C(=O)CC(C)CC2=O)c1Cl. The molecule has 0 heterocycles. The zero-order valence-corrected chi connectivity index (χ0v) is 15.5. The van der Waals surface area contributed by atoms with E-state index in [0.717, 1.165) is 6.26 Å². The molecular weight excluding hydrogens is 352 g/mol. The van der Waals surface area contributed by atoms with Crippen LogP contribution in [0.5, 0.6) is 5.75 Å². The van der Waals surface area contributed by atoms with Crippen molar-refractivity contribution in [2.45, 2.75) is 38.0 Å². The summed E-state index contributed by atoms with van der Waals surface area (Å²) < 4.78 is 29.2. The quantitative estimate of drug-likeness (QED) is 0.742. The van der Waals surface area contributed by atoms with Gasteiger partial charge in [0.1, 0.15) is 16.5 Å². The van der Waals surface area contributed by atoms with E-state index in [1.165, 1.54) is 6.07 Å². The number of halogens is 1. The Labute approximate surface area is 147 Å². The molecule has 5 nitrogen and oxygen atoms in total. The molecule has 0 unspecified atom stereocenters. The summed E-state index contributed by atoms with van der Waals surface area (Å²) in [4.78, 5) is 24.4. The van der Waals surface area contributed by atoms with Crippen LogP contribution in [0.25, 0.3) is 0 Å². The third-order valence-electron chi connectivity index (χ3n) is 4.13. The third kappa shape index (κ3) is 3.98. The molecule has 1 aliphatic carbocycles. The molecule has 0 spiro atoms. The van der Waals surface area contributed by atoms with Crippen LogP contribution >= 0.6 is 11.6 Å². The minimum absolute atomic E-state index is 0.00743. The van der Waals surface area contributed by atoms with Crippen LogP contribution in [0.3, 0.4) is 0 Å². The Morgan fingerprint density at radius 2 is 1.79 bits per heavy atom. The maximum Gasteiger partial charge on any atom is 0.179 e. The van der Waals surface area contributed by atoms with Crippen LogP contribution in [0.15, 0.2) is 17.0 Å². The summed E-state index contributed by atoms with van der Waals surface area (Å²) in [6, 6.07) is 2.97. The van der Waals surface area contributed by atoms with Gasteiger partial charge in [-0.3, -0.25) is 9.59 Å². The topological polar surface area (TPSA) is 77.5 Å².